The Hall–Kier alpha value is -0.840. The first-order chi connectivity index (χ1) is 8.25. The Morgan fingerprint density at radius 1 is 1.41 bits per heavy atom. The van der Waals surface area contributed by atoms with E-state index in [2.05, 4.69) is 43.4 Å². The number of H-pyrrole nitrogens is 1. The Bertz CT molecular complexity index is 603. The predicted molar refractivity (Wildman–Crippen MR) is 74.3 cm³/mol. The van der Waals surface area contributed by atoms with Gasteiger partial charge < -0.3 is 10.3 Å². The smallest absolute Gasteiger partial charge is 0.139 e. The third kappa shape index (κ3) is 2.01. The quantitative estimate of drug-likeness (QED) is 0.848. The Labute approximate surface area is 112 Å². The molecule has 0 aromatic carbocycles. The summed E-state index contributed by atoms with van der Waals surface area (Å²) >= 11 is 9.63. The van der Waals surface area contributed by atoms with Gasteiger partial charge in [0, 0.05) is 23.8 Å². The van der Waals surface area contributed by atoms with Gasteiger partial charge in [-0.25, -0.2) is 4.98 Å². The first-order valence-electron chi connectivity index (χ1n) is 5.48. The van der Waals surface area contributed by atoms with Gasteiger partial charge in [0.15, 0.2) is 0 Å². The summed E-state index contributed by atoms with van der Waals surface area (Å²) in [6.07, 6.45) is 4.96. The molecule has 2 aromatic heterocycles. The highest BCUT2D eigenvalue weighted by atomic mass is 79.9. The van der Waals surface area contributed by atoms with Crippen molar-refractivity contribution in [3.05, 3.63) is 33.5 Å². The van der Waals surface area contributed by atoms with E-state index in [1.54, 1.807) is 6.20 Å². The molecule has 17 heavy (non-hydrogen) atoms. The number of halogens is 2. The summed E-state index contributed by atoms with van der Waals surface area (Å²) in [6.45, 7) is 1.95. The summed E-state index contributed by atoms with van der Waals surface area (Å²) in [6, 6.07) is 2.08. The van der Waals surface area contributed by atoms with Crippen LogP contribution in [0.5, 0.6) is 0 Å². The molecule has 0 fully saturated rings. The zero-order valence-electron chi connectivity index (χ0n) is 9.06. The first-order valence-corrected chi connectivity index (χ1v) is 6.65. The number of nitrogens with one attached hydrogen (secondary N) is 2. The molecule has 1 aliphatic rings. The average Bonchev–Trinajstić information content (AvgIpc) is 2.80. The van der Waals surface area contributed by atoms with Gasteiger partial charge in [0.25, 0.3) is 0 Å². The molecule has 5 heteroatoms. The standard InChI is InChI=1S/C12H11BrClN3/c13-9-6-16-12-8(11(9)14)5-10(17-12)7-1-3-15-4-2-7/h1,5-6,15H,2-4H2,(H,16,17). The van der Waals surface area contributed by atoms with Crippen LogP contribution in [0.15, 0.2) is 22.8 Å². The summed E-state index contributed by atoms with van der Waals surface area (Å²) in [5, 5.41) is 4.98. The number of hydrogen-bond acceptors (Lipinski definition) is 2. The number of fused-ring (bicyclic) bond motifs is 1. The second-order valence-electron chi connectivity index (χ2n) is 4.05. The number of hydrogen-bond donors (Lipinski definition) is 2. The second-order valence-corrected chi connectivity index (χ2v) is 5.28. The molecule has 3 rings (SSSR count). The predicted octanol–water partition coefficient (Wildman–Crippen LogP) is 3.36. The fourth-order valence-electron chi connectivity index (χ4n) is 2.06. The SMILES string of the molecule is Clc1c(Br)cnc2[nH]c(C3=CCNCC3)cc12. The van der Waals surface area contributed by atoms with Crippen LogP contribution in [0.4, 0.5) is 0 Å². The Morgan fingerprint density at radius 3 is 3.06 bits per heavy atom. The molecule has 0 bridgehead atoms. The lowest BCUT2D eigenvalue weighted by Crippen LogP contribution is -2.20. The van der Waals surface area contributed by atoms with Crippen molar-refractivity contribution in [3.8, 4) is 0 Å². The molecule has 2 N–H and O–H groups in total. The molecular weight excluding hydrogens is 302 g/mol. The lowest BCUT2D eigenvalue weighted by Gasteiger charge is -2.12. The monoisotopic (exact) mass is 311 g/mol. The summed E-state index contributed by atoms with van der Waals surface area (Å²) in [5.41, 5.74) is 3.29. The van der Waals surface area contributed by atoms with Crippen LogP contribution in [0.2, 0.25) is 5.02 Å². The second kappa shape index (κ2) is 4.44. The van der Waals surface area contributed by atoms with Crippen molar-refractivity contribution in [2.45, 2.75) is 6.42 Å². The topological polar surface area (TPSA) is 40.7 Å². The van der Waals surface area contributed by atoms with Crippen LogP contribution in [0.1, 0.15) is 12.1 Å². The van der Waals surface area contributed by atoms with Crippen molar-refractivity contribution in [1.29, 1.82) is 0 Å². The minimum Gasteiger partial charge on any atom is -0.339 e. The Morgan fingerprint density at radius 2 is 2.29 bits per heavy atom. The normalized spacial score (nSPS) is 16.2. The van der Waals surface area contributed by atoms with Crippen LogP contribution in [0.3, 0.4) is 0 Å². The number of rotatable bonds is 1. The molecule has 0 aliphatic carbocycles. The van der Waals surface area contributed by atoms with Crippen LogP contribution in [0.25, 0.3) is 16.6 Å². The summed E-state index contributed by atoms with van der Waals surface area (Å²) < 4.78 is 0.830. The molecule has 2 aromatic rings. The van der Waals surface area contributed by atoms with E-state index in [1.807, 2.05) is 0 Å². The van der Waals surface area contributed by atoms with Crippen molar-refractivity contribution in [2.24, 2.45) is 0 Å². The molecule has 88 valence electrons. The average molecular weight is 313 g/mol. The maximum atomic E-state index is 6.24. The van der Waals surface area contributed by atoms with Crippen LogP contribution in [-0.4, -0.2) is 23.1 Å². The Balaban J connectivity index is 2.13. The van der Waals surface area contributed by atoms with Gasteiger partial charge in [0.2, 0.25) is 0 Å². The fraction of sp³-hybridized carbons (Fsp3) is 0.250. The number of nitrogens with zero attached hydrogens (tertiary/aromatic N) is 1. The first kappa shape index (κ1) is 11.3. The molecule has 1 aliphatic heterocycles. The van der Waals surface area contributed by atoms with Crippen molar-refractivity contribution < 1.29 is 0 Å². The zero-order valence-corrected chi connectivity index (χ0v) is 11.4. The van der Waals surface area contributed by atoms with Crippen molar-refractivity contribution in [1.82, 2.24) is 15.3 Å². The fourth-order valence-corrected chi connectivity index (χ4v) is 2.57. The molecular formula is C12H11BrClN3. The molecule has 0 saturated carbocycles. The van der Waals surface area contributed by atoms with Crippen molar-refractivity contribution >= 4 is 44.1 Å². The largest absolute Gasteiger partial charge is 0.339 e. The minimum atomic E-state index is 0.715. The van der Waals surface area contributed by atoms with Gasteiger partial charge in [0.1, 0.15) is 5.65 Å². The maximum Gasteiger partial charge on any atom is 0.139 e. The highest BCUT2D eigenvalue weighted by Gasteiger charge is 2.12. The van der Waals surface area contributed by atoms with E-state index < -0.39 is 0 Å². The highest BCUT2D eigenvalue weighted by molar-refractivity contribution is 9.10. The van der Waals surface area contributed by atoms with Crippen molar-refractivity contribution in [3.63, 3.8) is 0 Å². The lowest BCUT2D eigenvalue weighted by molar-refractivity contribution is 0.737. The zero-order chi connectivity index (χ0) is 11.8. The van der Waals surface area contributed by atoms with Crippen molar-refractivity contribution in [2.75, 3.05) is 13.1 Å². The maximum absolute atomic E-state index is 6.24. The van der Waals surface area contributed by atoms with E-state index in [9.17, 15) is 0 Å². The van der Waals surface area contributed by atoms with E-state index in [0.29, 0.717) is 5.02 Å². The van der Waals surface area contributed by atoms with E-state index in [-0.39, 0.29) is 0 Å². The van der Waals surface area contributed by atoms with E-state index >= 15 is 0 Å². The minimum absolute atomic E-state index is 0.715. The number of pyridine rings is 1. The molecule has 0 radical (unpaired) electrons. The molecule has 0 unspecified atom stereocenters. The van der Waals surface area contributed by atoms with Gasteiger partial charge in [-0.2, -0.15) is 0 Å². The summed E-state index contributed by atoms with van der Waals surface area (Å²) in [5.74, 6) is 0. The van der Waals surface area contributed by atoms with Gasteiger partial charge in [-0.15, -0.1) is 0 Å². The molecule has 3 nitrogen and oxygen atoms in total. The van der Waals surface area contributed by atoms with E-state index in [4.69, 9.17) is 11.6 Å². The van der Waals surface area contributed by atoms with Gasteiger partial charge in [-0.1, -0.05) is 17.7 Å². The van der Waals surface area contributed by atoms with Crippen LogP contribution < -0.4 is 5.32 Å². The van der Waals surface area contributed by atoms with Crippen LogP contribution in [-0.2, 0) is 0 Å². The number of aromatic nitrogens is 2. The highest BCUT2D eigenvalue weighted by Crippen LogP contribution is 2.32. The van der Waals surface area contributed by atoms with Gasteiger partial charge in [-0.3, -0.25) is 0 Å². The van der Waals surface area contributed by atoms with Gasteiger partial charge in [-0.05, 0) is 40.5 Å². The molecule has 0 amide bonds. The van der Waals surface area contributed by atoms with Gasteiger partial charge >= 0.3 is 0 Å². The van der Waals surface area contributed by atoms with E-state index in [0.717, 1.165) is 40.7 Å². The number of aromatic amines is 1. The molecule has 3 heterocycles. The summed E-state index contributed by atoms with van der Waals surface area (Å²) in [4.78, 5) is 7.65. The molecule has 0 saturated heterocycles. The van der Waals surface area contributed by atoms with Crippen LogP contribution >= 0.6 is 27.5 Å². The molecule has 0 spiro atoms. The Kier molecular flexibility index (Phi) is 2.94. The molecule has 0 atom stereocenters. The van der Waals surface area contributed by atoms with E-state index in [1.165, 1.54) is 5.57 Å². The summed E-state index contributed by atoms with van der Waals surface area (Å²) in [7, 11) is 0. The van der Waals surface area contributed by atoms with Crippen LogP contribution in [0, 0.1) is 0 Å². The lowest BCUT2D eigenvalue weighted by atomic mass is 10.1. The van der Waals surface area contributed by atoms with Gasteiger partial charge in [0.05, 0.1) is 9.50 Å². The third-order valence-corrected chi connectivity index (χ3v) is 4.20. The third-order valence-electron chi connectivity index (χ3n) is 2.96.